The molecular formula is C21H27BO3. The van der Waals surface area contributed by atoms with Crippen LogP contribution in [0, 0.1) is 0 Å². The van der Waals surface area contributed by atoms with Gasteiger partial charge < -0.3 is 13.7 Å². The highest BCUT2D eigenvalue weighted by Gasteiger charge is 2.51. The van der Waals surface area contributed by atoms with Crippen LogP contribution in [0.5, 0.6) is 0 Å². The van der Waals surface area contributed by atoms with Gasteiger partial charge in [0.1, 0.15) is 5.76 Å². The van der Waals surface area contributed by atoms with Gasteiger partial charge in [-0.1, -0.05) is 36.4 Å². The Hall–Kier alpha value is -1.78. The number of benzene rings is 1. The average molecular weight is 338 g/mol. The lowest BCUT2D eigenvalue weighted by Gasteiger charge is -2.32. The van der Waals surface area contributed by atoms with Gasteiger partial charge in [-0.3, -0.25) is 0 Å². The quantitative estimate of drug-likeness (QED) is 0.669. The molecular weight excluding hydrogens is 311 g/mol. The SMILES string of the molecule is C/C(=C\C(CB1OC(C)(C)C(C)(C)O1)c1ccccc1)c1ccco1. The maximum Gasteiger partial charge on any atom is 0.458 e. The molecule has 1 saturated heterocycles. The van der Waals surface area contributed by atoms with Crippen LogP contribution in [0.3, 0.4) is 0 Å². The van der Waals surface area contributed by atoms with Gasteiger partial charge >= 0.3 is 7.12 Å². The fourth-order valence-corrected chi connectivity index (χ4v) is 3.16. The van der Waals surface area contributed by atoms with E-state index in [4.69, 9.17) is 13.7 Å². The van der Waals surface area contributed by atoms with E-state index < -0.39 is 0 Å². The third-order valence-corrected chi connectivity index (χ3v) is 5.34. The summed E-state index contributed by atoms with van der Waals surface area (Å²) < 4.78 is 18.0. The molecule has 3 rings (SSSR count). The average Bonchev–Trinajstić information content (AvgIpc) is 3.14. The van der Waals surface area contributed by atoms with Gasteiger partial charge in [0.05, 0.1) is 17.5 Å². The second-order valence-electron chi connectivity index (χ2n) is 7.77. The van der Waals surface area contributed by atoms with Gasteiger partial charge in [0, 0.05) is 5.92 Å². The largest absolute Gasteiger partial charge is 0.465 e. The number of rotatable bonds is 5. The van der Waals surface area contributed by atoms with E-state index in [1.54, 1.807) is 6.26 Å². The van der Waals surface area contributed by atoms with Crippen LogP contribution in [-0.2, 0) is 9.31 Å². The maximum absolute atomic E-state index is 6.21. The van der Waals surface area contributed by atoms with E-state index in [-0.39, 0.29) is 24.2 Å². The molecule has 0 spiro atoms. The predicted octanol–water partition coefficient (Wildman–Crippen LogP) is 5.56. The maximum atomic E-state index is 6.21. The molecule has 2 heterocycles. The lowest BCUT2D eigenvalue weighted by Crippen LogP contribution is -2.41. The van der Waals surface area contributed by atoms with Crippen molar-refractivity contribution in [2.24, 2.45) is 0 Å². The molecule has 4 heteroatoms. The predicted molar refractivity (Wildman–Crippen MR) is 102 cm³/mol. The summed E-state index contributed by atoms with van der Waals surface area (Å²) in [5.74, 6) is 1.09. The van der Waals surface area contributed by atoms with Crippen LogP contribution in [0.1, 0.15) is 51.9 Å². The first-order chi connectivity index (χ1) is 11.8. The zero-order valence-electron chi connectivity index (χ0n) is 15.8. The molecule has 0 radical (unpaired) electrons. The molecule has 1 aromatic carbocycles. The zero-order chi connectivity index (χ0) is 18.1. The summed E-state index contributed by atoms with van der Waals surface area (Å²) in [6.45, 7) is 10.4. The topological polar surface area (TPSA) is 31.6 Å². The summed E-state index contributed by atoms with van der Waals surface area (Å²) in [7, 11) is -0.226. The van der Waals surface area contributed by atoms with Crippen LogP contribution in [0.2, 0.25) is 6.32 Å². The summed E-state index contributed by atoms with van der Waals surface area (Å²) in [5, 5.41) is 0. The molecule has 1 unspecified atom stereocenters. The molecule has 1 aliphatic rings. The van der Waals surface area contributed by atoms with Gasteiger partial charge in [0.15, 0.2) is 0 Å². The number of hydrogen-bond acceptors (Lipinski definition) is 3. The minimum Gasteiger partial charge on any atom is -0.465 e. The van der Waals surface area contributed by atoms with Crippen LogP contribution in [0.4, 0.5) is 0 Å². The van der Waals surface area contributed by atoms with Crippen molar-refractivity contribution in [3.05, 3.63) is 66.1 Å². The molecule has 0 bridgehead atoms. The van der Waals surface area contributed by atoms with E-state index >= 15 is 0 Å². The zero-order valence-corrected chi connectivity index (χ0v) is 15.8. The van der Waals surface area contributed by atoms with Gasteiger partial charge in [0.2, 0.25) is 0 Å². The summed E-state index contributed by atoms with van der Waals surface area (Å²) in [4.78, 5) is 0. The molecule has 0 saturated carbocycles. The van der Waals surface area contributed by atoms with Gasteiger partial charge in [-0.15, -0.1) is 0 Å². The summed E-state index contributed by atoms with van der Waals surface area (Å²) in [5.41, 5.74) is 1.76. The Labute approximate surface area is 151 Å². The van der Waals surface area contributed by atoms with Crippen molar-refractivity contribution < 1.29 is 13.7 Å². The fourth-order valence-electron chi connectivity index (χ4n) is 3.16. The lowest BCUT2D eigenvalue weighted by atomic mass is 9.74. The molecule has 2 aromatic rings. The van der Waals surface area contributed by atoms with Crippen molar-refractivity contribution in [1.29, 1.82) is 0 Å². The lowest BCUT2D eigenvalue weighted by molar-refractivity contribution is 0.00578. The van der Waals surface area contributed by atoms with Crippen LogP contribution in [0.15, 0.2) is 59.2 Å². The summed E-state index contributed by atoms with van der Waals surface area (Å²) in [6, 6.07) is 14.4. The third-order valence-electron chi connectivity index (χ3n) is 5.34. The summed E-state index contributed by atoms with van der Waals surface area (Å²) in [6.07, 6.45) is 4.73. The monoisotopic (exact) mass is 338 g/mol. The molecule has 0 aliphatic carbocycles. The molecule has 132 valence electrons. The van der Waals surface area contributed by atoms with E-state index in [1.807, 2.05) is 18.2 Å². The smallest absolute Gasteiger partial charge is 0.458 e. The fraction of sp³-hybridized carbons (Fsp3) is 0.429. The van der Waals surface area contributed by atoms with Gasteiger partial charge in [-0.05, 0) is 64.2 Å². The second-order valence-corrected chi connectivity index (χ2v) is 7.77. The van der Waals surface area contributed by atoms with E-state index in [0.717, 1.165) is 17.7 Å². The highest BCUT2D eigenvalue weighted by Crippen LogP contribution is 2.40. The summed E-state index contributed by atoms with van der Waals surface area (Å²) >= 11 is 0. The Kier molecular flexibility index (Phi) is 4.94. The van der Waals surface area contributed by atoms with Crippen molar-refractivity contribution in [3.8, 4) is 0 Å². The van der Waals surface area contributed by atoms with E-state index in [9.17, 15) is 0 Å². The molecule has 3 nitrogen and oxygen atoms in total. The van der Waals surface area contributed by atoms with Crippen molar-refractivity contribution in [3.63, 3.8) is 0 Å². The van der Waals surface area contributed by atoms with Crippen LogP contribution < -0.4 is 0 Å². The number of hydrogen-bond donors (Lipinski definition) is 0. The second kappa shape index (κ2) is 6.85. The first kappa shape index (κ1) is 18.0. The first-order valence-electron chi connectivity index (χ1n) is 8.91. The van der Waals surface area contributed by atoms with E-state index in [2.05, 4.69) is 65.0 Å². The van der Waals surface area contributed by atoms with E-state index in [0.29, 0.717) is 0 Å². The van der Waals surface area contributed by atoms with Gasteiger partial charge in [-0.25, -0.2) is 0 Å². The molecule has 0 N–H and O–H groups in total. The Morgan fingerprint density at radius 1 is 1.00 bits per heavy atom. The molecule has 1 fully saturated rings. The van der Waals surface area contributed by atoms with Crippen molar-refractivity contribution >= 4 is 12.7 Å². The highest BCUT2D eigenvalue weighted by atomic mass is 16.7. The molecule has 25 heavy (non-hydrogen) atoms. The minimum absolute atomic E-state index is 0.195. The Morgan fingerprint density at radius 2 is 1.64 bits per heavy atom. The first-order valence-corrected chi connectivity index (χ1v) is 8.91. The van der Waals surface area contributed by atoms with E-state index in [1.165, 1.54) is 5.56 Å². The van der Waals surface area contributed by atoms with Crippen molar-refractivity contribution in [1.82, 2.24) is 0 Å². The van der Waals surface area contributed by atoms with Crippen LogP contribution in [0.25, 0.3) is 5.57 Å². The van der Waals surface area contributed by atoms with Gasteiger partial charge in [0.25, 0.3) is 0 Å². The molecule has 1 aromatic heterocycles. The van der Waals surface area contributed by atoms with Crippen LogP contribution in [-0.4, -0.2) is 18.3 Å². The molecule has 1 atom stereocenters. The Bertz CT molecular complexity index is 701. The number of allylic oxidation sites excluding steroid dienone is 2. The molecule has 0 amide bonds. The van der Waals surface area contributed by atoms with Crippen LogP contribution >= 0.6 is 0 Å². The third kappa shape index (κ3) is 3.91. The Morgan fingerprint density at radius 3 is 2.20 bits per heavy atom. The van der Waals surface area contributed by atoms with Gasteiger partial charge in [-0.2, -0.15) is 0 Å². The molecule has 1 aliphatic heterocycles. The highest BCUT2D eigenvalue weighted by molar-refractivity contribution is 6.45. The van der Waals surface area contributed by atoms with Crippen molar-refractivity contribution in [2.75, 3.05) is 0 Å². The number of furan rings is 1. The minimum atomic E-state index is -0.307. The normalized spacial score (nSPS) is 20.7. The van der Waals surface area contributed by atoms with Crippen molar-refractivity contribution in [2.45, 2.75) is 58.1 Å². The Balaban J connectivity index is 1.85. The standard InChI is InChI=1S/C21H27BO3/c1-16(19-12-9-13-23-19)14-18(17-10-7-6-8-11-17)15-22-24-20(2,3)21(4,5)25-22/h6-14,18H,15H2,1-5H3/b16-14+.